The number of halogens is 1. The van der Waals surface area contributed by atoms with Crippen molar-refractivity contribution in [3.05, 3.63) is 81.6 Å². The Morgan fingerprint density at radius 1 is 1.06 bits per heavy atom. The number of likely N-dealkylation sites (N-methyl/N-ethyl adjacent to an activating group) is 1. The van der Waals surface area contributed by atoms with Crippen LogP contribution >= 0.6 is 11.8 Å². The summed E-state index contributed by atoms with van der Waals surface area (Å²) in [5, 5.41) is 3.03. The van der Waals surface area contributed by atoms with Gasteiger partial charge in [-0.25, -0.2) is 9.67 Å². The van der Waals surface area contributed by atoms with Gasteiger partial charge in [0.1, 0.15) is 5.75 Å². The van der Waals surface area contributed by atoms with Gasteiger partial charge in [0.25, 0.3) is 11.5 Å². The van der Waals surface area contributed by atoms with Crippen LogP contribution in [0.1, 0.15) is 5.69 Å². The van der Waals surface area contributed by atoms with Crippen LogP contribution in [0.25, 0.3) is 5.69 Å². The molecule has 11 heteroatoms. The molecule has 1 N–H and O–H groups in total. The van der Waals surface area contributed by atoms with E-state index in [0.717, 1.165) is 11.8 Å². The molecular weight excluding hydrogens is 534 g/mol. The minimum atomic E-state index is -0.446. The highest BCUT2D eigenvalue weighted by Crippen LogP contribution is 2.32. The normalized spacial score (nSPS) is 15.4. The van der Waals surface area contributed by atoms with Gasteiger partial charge in [-0.2, -0.15) is 0 Å². The molecule has 0 unspecified atom stereocenters. The van der Waals surface area contributed by atoms with Crippen molar-refractivity contribution in [2.75, 3.05) is 19.5 Å². The van der Waals surface area contributed by atoms with E-state index in [2.05, 4.69) is 10.3 Å². The number of anilines is 1. The monoisotopic (exact) mass is 556 g/mol. The number of nitrogens with zero attached hydrogens (tertiary/aromatic N) is 4. The van der Waals surface area contributed by atoms with Gasteiger partial charge < -0.3 is 27.0 Å². The fourth-order valence-corrected chi connectivity index (χ4v) is 4.35. The summed E-state index contributed by atoms with van der Waals surface area (Å²) in [5.41, 5.74) is 1.87. The summed E-state index contributed by atoms with van der Waals surface area (Å²) >= 11 is 1.04. The van der Waals surface area contributed by atoms with Crippen molar-refractivity contribution in [3.63, 3.8) is 0 Å². The summed E-state index contributed by atoms with van der Waals surface area (Å²) in [4.78, 5) is 44.3. The second-order valence-corrected chi connectivity index (χ2v) is 8.51. The number of carbonyl (C=O) groups is 2. The minimum absolute atomic E-state index is 0. The Hall–Kier alpha value is -3.57. The van der Waals surface area contributed by atoms with E-state index < -0.39 is 5.91 Å². The molecule has 0 atom stereocenters. The lowest BCUT2D eigenvalue weighted by atomic mass is 10.3. The highest BCUT2D eigenvalue weighted by molar-refractivity contribution is 8.18. The molecule has 0 spiro atoms. The Bertz CT molecular complexity index is 1380. The molecule has 9 nitrogen and oxygen atoms in total. The lowest BCUT2D eigenvalue weighted by Crippen LogP contribution is -3.00. The number of hydrogen-bond acceptors (Lipinski definition) is 6. The van der Waals surface area contributed by atoms with Crippen LogP contribution in [0.15, 0.2) is 75.4 Å². The van der Waals surface area contributed by atoms with Crippen LogP contribution in [-0.2, 0) is 16.6 Å². The first kappa shape index (κ1) is 26.0. The first-order valence-corrected chi connectivity index (χ1v) is 11.2. The van der Waals surface area contributed by atoms with Crippen LogP contribution in [0.3, 0.4) is 0 Å². The van der Waals surface area contributed by atoms with E-state index in [1.54, 1.807) is 57.1 Å². The third-order valence-corrected chi connectivity index (χ3v) is 6.41. The lowest BCUT2D eigenvalue weighted by Gasteiger charge is -2.07. The van der Waals surface area contributed by atoms with Crippen LogP contribution in [0, 0.1) is 6.92 Å². The molecule has 0 bridgehead atoms. The zero-order valence-electron chi connectivity index (χ0n) is 19.5. The molecule has 1 aromatic heterocycles. The van der Waals surface area contributed by atoms with Gasteiger partial charge in [0.2, 0.25) is 5.91 Å². The topological polar surface area (TPSA) is 97.9 Å². The predicted molar refractivity (Wildman–Crippen MR) is 133 cm³/mol. The van der Waals surface area contributed by atoms with E-state index in [0.29, 0.717) is 28.0 Å². The van der Waals surface area contributed by atoms with E-state index in [-0.39, 0.29) is 39.0 Å². The average Bonchev–Trinajstić information content (AvgIpc) is 3.22. The number of nitrogens with one attached hydrogen (secondary N) is 1. The molecule has 1 aliphatic rings. The van der Waals surface area contributed by atoms with Gasteiger partial charge in [-0.15, -0.1) is 0 Å². The van der Waals surface area contributed by atoms with E-state index >= 15 is 0 Å². The minimum Gasteiger partial charge on any atom is -1.00 e. The van der Waals surface area contributed by atoms with Crippen molar-refractivity contribution in [3.8, 4) is 11.4 Å². The van der Waals surface area contributed by atoms with Crippen molar-refractivity contribution in [1.29, 1.82) is 0 Å². The second kappa shape index (κ2) is 10.8. The molecule has 182 valence electrons. The molecule has 3 aromatic rings. The van der Waals surface area contributed by atoms with Crippen LogP contribution < -0.4 is 32.6 Å². The van der Waals surface area contributed by atoms with Crippen molar-refractivity contribution in [2.24, 2.45) is 12.0 Å². The van der Waals surface area contributed by atoms with Gasteiger partial charge in [-0.05, 0) is 55.1 Å². The largest absolute Gasteiger partial charge is 1.00 e. The number of para-hydroxylation sites is 1. The molecule has 0 saturated carbocycles. The van der Waals surface area contributed by atoms with Crippen molar-refractivity contribution >= 4 is 40.1 Å². The molecule has 2 heterocycles. The number of benzene rings is 2. The van der Waals surface area contributed by atoms with Crippen LogP contribution in [0.2, 0.25) is 0 Å². The van der Waals surface area contributed by atoms with Crippen molar-refractivity contribution in [1.82, 2.24) is 14.3 Å². The van der Waals surface area contributed by atoms with Gasteiger partial charge in [-0.3, -0.25) is 24.0 Å². The second-order valence-electron chi connectivity index (χ2n) is 7.50. The molecule has 2 aromatic carbocycles. The van der Waals surface area contributed by atoms with E-state index in [1.807, 2.05) is 30.3 Å². The zero-order chi connectivity index (χ0) is 24.4. The van der Waals surface area contributed by atoms with E-state index in [9.17, 15) is 14.4 Å². The number of thioether (sulfide) groups is 1. The van der Waals surface area contributed by atoms with Crippen molar-refractivity contribution < 1.29 is 31.3 Å². The first-order chi connectivity index (χ1) is 16.3. The summed E-state index contributed by atoms with van der Waals surface area (Å²) in [5.74, 6) is -0.147. The number of ether oxygens (including phenoxy) is 1. The predicted octanol–water partition coefficient (Wildman–Crippen LogP) is 0.212. The summed E-state index contributed by atoms with van der Waals surface area (Å²) in [6.45, 7) is 1.79. The molecule has 0 aliphatic carbocycles. The zero-order valence-corrected chi connectivity index (χ0v) is 21.9. The number of amides is 2. The molecule has 1 aliphatic heterocycles. The van der Waals surface area contributed by atoms with Gasteiger partial charge >= 0.3 is 0 Å². The maximum atomic E-state index is 13.1. The fraction of sp³-hybridized carbons (Fsp3) is 0.167. The van der Waals surface area contributed by atoms with Crippen LogP contribution in [-0.4, -0.2) is 45.4 Å². The highest BCUT2D eigenvalue weighted by atomic mass is 79.9. The van der Waals surface area contributed by atoms with Crippen LogP contribution in [0.4, 0.5) is 11.4 Å². The quantitative estimate of drug-likeness (QED) is 0.453. The number of hydrogen-bond donors (Lipinski definition) is 1. The summed E-state index contributed by atoms with van der Waals surface area (Å²) in [6, 6.07) is 16.1. The number of carbonyl (C=O) groups excluding carboxylic acids is 2. The SMILES string of the molecule is COc1ccc(NC(=O)/C=C2/SC(=Nc3c(C)n(C)n(-c4ccccc4)c3=O)N(C)C2=O)cc1.[Br-]. The number of rotatable bonds is 5. The summed E-state index contributed by atoms with van der Waals surface area (Å²) in [6.07, 6.45) is 1.23. The van der Waals surface area contributed by atoms with Crippen LogP contribution in [0.5, 0.6) is 5.75 Å². The molecule has 1 saturated heterocycles. The molecule has 1 fully saturated rings. The van der Waals surface area contributed by atoms with Crippen molar-refractivity contribution in [2.45, 2.75) is 6.92 Å². The number of amidine groups is 1. The van der Waals surface area contributed by atoms with Gasteiger partial charge in [0.05, 0.1) is 23.4 Å². The standard InChI is InChI=1S/C24H23N5O4S.BrH/c1-15-21(23(32)29(28(15)3)17-8-6-5-7-9-17)26-24-27(2)22(31)19(34-24)14-20(30)25-16-10-12-18(33-4)13-11-16;/h5-14H,1-4H3,(H,25,30);1H/p-1/b19-14+,26-24?;. The van der Waals surface area contributed by atoms with Gasteiger partial charge in [0, 0.05) is 25.9 Å². The maximum absolute atomic E-state index is 13.1. The third-order valence-electron chi connectivity index (χ3n) is 5.35. The summed E-state index contributed by atoms with van der Waals surface area (Å²) < 4.78 is 8.35. The Labute approximate surface area is 216 Å². The fourth-order valence-electron chi connectivity index (χ4n) is 3.40. The number of aromatic nitrogens is 2. The maximum Gasteiger partial charge on any atom is 0.297 e. The third kappa shape index (κ3) is 5.25. The Morgan fingerprint density at radius 3 is 2.34 bits per heavy atom. The first-order valence-electron chi connectivity index (χ1n) is 10.4. The molecule has 35 heavy (non-hydrogen) atoms. The van der Waals surface area contributed by atoms with E-state index in [4.69, 9.17) is 4.74 Å². The molecule has 4 rings (SSSR count). The number of methoxy groups -OCH3 is 1. The highest BCUT2D eigenvalue weighted by Gasteiger charge is 2.32. The molecule has 0 radical (unpaired) electrons. The average molecular weight is 557 g/mol. The lowest BCUT2D eigenvalue weighted by molar-refractivity contribution is -0.121. The van der Waals surface area contributed by atoms with Gasteiger partial charge in [-0.1, -0.05) is 18.2 Å². The Balaban J connectivity index is 0.00000342. The molecule has 2 amide bonds. The van der Waals surface area contributed by atoms with E-state index in [1.165, 1.54) is 15.7 Å². The Morgan fingerprint density at radius 2 is 1.71 bits per heavy atom. The Kier molecular flexibility index (Phi) is 8.03. The van der Waals surface area contributed by atoms with Gasteiger partial charge in [0.15, 0.2) is 10.9 Å². The number of aliphatic imine (C=N–C) groups is 1. The molecular formula is C24H23BrN5O4S-. The summed E-state index contributed by atoms with van der Waals surface area (Å²) in [7, 11) is 4.90. The smallest absolute Gasteiger partial charge is 0.297 e.